The van der Waals surface area contributed by atoms with Crippen LogP contribution in [0.2, 0.25) is 0 Å². The maximum atomic E-state index is 12.3. The van der Waals surface area contributed by atoms with E-state index in [4.69, 9.17) is 18.0 Å². The monoisotopic (exact) mass is 362 g/mol. The van der Waals surface area contributed by atoms with Crippen LogP contribution in [0.3, 0.4) is 0 Å². The predicted molar refractivity (Wildman–Crippen MR) is 93.9 cm³/mol. The van der Waals surface area contributed by atoms with Gasteiger partial charge in [0, 0.05) is 15.6 Å². The zero-order chi connectivity index (χ0) is 15.6. The first kappa shape index (κ1) is 15.7. The van der Waals surface area contributed by atoms with Gasteiger partial charge in [0.25, 0.3) is 5.91 Å². The Balaban J connectivity index is 2.23. The lowest BCUT2D eigenvalue weighted by Gasteiger charge is -2.10. The van der Waals surface area contributed by atoms with Gasteiger partial charge >= 0.3 is 0 Å². The van der Waals surface area contributed by atoms with Crippen LogP contribution >= 0.6 is 28.1 Å². The molecule has 0 aromatic heterocycles. The number of hydrogen-bond donors (Lipinski definition) is 2. The van der Waals surface area contributed by atoms with Crippen LogP contribution in [-0.4, -0.2) is 10.9 Å². The minimum absolute atomic E-state index is 0.151. The highest BCUT2D eigenvalue weighted by atomic mass is 79.9. The SMILES string of the molecule is Cc1ccc(C(=O)Nc2ccc(C(N)=S)cc2Br)cc1C. The van der Waals surface area contributed by atoms with Gasteiger partial charge in [-0.05, 0) is 71.2 Å². The molecule has 0 aliphatic carbocycles. The van der Waals surface area contributed by atoms with Crippen molar-refractivity contribution in [1.29, 1.82) is 0 Å². The molecule has 2 rings (SSSR count). The smallest absolute Gasteiger partial charge is 0.255 e. The first-order chi connectivity index (χ1) is 9.88. The molecule has 0 atom stereocenters. The second kappa shape index (κ2) is 6.37. The molecule has 0 saturated carbocycles. The Bertz CT molecular complexity index is 728. The number of nitrogens with two attached hydrogens (primary N) is 1. The van der Waals surface area contributed by atoms with Gasteiger partial charge in [-0.3, -0.25) is 4.79 Å². The van der Waals surface area contributed by atoms with E-state index in [0.717, 1.165) is 21.2 Å². The number of anilines is 1. The molecule has 2 aromatic carbocycles. The molecule has 0 heterocycles. The summed E-state index contributed by atoms with van der Waals surface area (Å²) in [7, 11) is 0. The molecule has 0 spiro atoms. The highest BCUT2D eigenvalue weighted by Gasteiger charge is 2.10. The molecule has 1 amide bonds. The molecule has 108 valence electrons. The largest absolute Gasteiger partial charge is 0.389 e. The summed E-state index contributed by atoms with van der Waals surface area (Å²) in [6, 6.07) is 11.0. The summed E-state index contributed by atoms with van der Waals surface area (Å²) in [4.78, 5) is 12.6. The van der Waals surface area contributed by atoms with Gasteiger partial charge in [-0.25, -0.2) is 0 Å². The highest BCUT2D eigenvalue weighted by Crippen LogP contribution is 2.24. The van der Waals surface area contributed by atoms with Crippen LogP contribution in [0.5, 0.6) is 0 Å². The summed E-state index contributed by atoms with van der Waals surface area (Å²) in [5.74, 6) is -0.151. The van der Waals surface area contributed by atoms with Crippen molar-refractivity contribution in [3.63, 3.8) is 0 Å². The van der Waals surface area contributed by atoms with Crippen LogP contribution in [0.25, 0.3) is 0 Å². The summed E-state index contributed by atoms with van der Waals surface area (Å²) >= 11 is 8.34. The van der Waals surface area contributed by atoms with Gasteiger partial charge in [0.1, 0.15) is 4.99 Å². The van der Waals surface area contributed by atoms with Gasteiger partial charge in [0.15, 0.2) is 0 Å². The van der Waals surface area contributed by atoms with Crippen LogP contribution in [0.1, 0.15) is 27.0 Å². The molecule has 0 radical (unpaired) electrons. The number of nitrogens with one attached hydrogen (secondary N) is 1. The Morgan fingerprint density at radius 1 is 1.10 bits per heavy atom. The fourth-order valence-electron chi connectivity index (χ4n) is 1.85. The summed E-state index contributed by atoms with van der Waals surface area (Å²) in [5, 5.41) is 2.87. The molecule has 2 aromatic rings. The van der Waals surface area contributed by atoms with Crippen molar-refractivity contribution in [2.75, 3.05) is 5.32 Å². The average molecular weight is 363 g/mol. The summed E-state index contributed by atoms with van der Waals surface area (Å²) < 4.78 is 0.741. The van der Waals surface area contributed by atoms with E-state index in [1.165, 1.54) is 0 Å². The number of rotatable bonds is 3. The van der Waals surface area contributed by atoms with Crippen molar-refractivity contribution in [2.45, 2.75) is 13.8 Å². The third-order valence-corrected chi connectivity index (χ3v) is 4.16. The van der Waals surface area contributed by atoms with E-state index in [0.29, 0.717) is 16.2 Å². The fraction of sp³-hybridized carbons (Fsp3) is 0.125. The van der Waals surface area contributed by atoms with E-state index in [1.807, 2.05) is 32.0 Å². The number of benzene rings is 2. The molecule has 3 nitrogen and oxygen atoms in total. The van der Waals surface area contributed by atoms with Crippen molar-refractivity contribution in [1.82, 2.24) is 0 Å². The van der Waals surface area contributed by atoms with Crippen molar-refractivity contribution < 1.29 is 4.79 Å². The summed E-state index contributed by atoms with van der Waals surface area (Å²) in [6.07, 6.45) is 0. The molecule has 0 aliphatic heterocycles. The van der Waals surface area contributed by atoms with Crippen LogP contribution in [-0.2, 0) is 0 Å². The van der Waals surface area contributed by atoms with Gasteiger partial charge in [-0.2, -0.15) is 0 Å². The quantitative estimate of drug-likeness (QED) is 0.812. The van der Waals surface area contributed by atoms with Gasteiger partial charge < -0.3 is 11.1 Å². The average Bonchev–Trinajstić information content (AvgIpc) is 2.43. The van der Waals surface area contributed by atoms with Crippen LogP contribution in [0.4, 0.5) is 5.69 Å². The van der Waals surface area contributed by atoms with E-state index >= 15 is 0 Å². The standard InChI is InChI=1S/C16H15BrN2OS/c1-9-3-4-12(7-10(9)2)16(20)19-14-6-5-11(15(18)21)8-13(14)17/h3-8H,1-2H3,(H2,18,21)(H,19,20). The van der Waals surface area contributed by atoms with Crippen molar-refractivity contribution >= 4 is 44.7 Å². The first-order valence-electron chi connectivity index (χ1n) is 6.36. The lowest BCUT2D eigenvalue weighted by Crippen LogP contribution is -2.14. The zero-order valence-electron chi connectivity index (χ0n) is 11.7. The Hall–Kier alpha value is -1.72. The number of amides is 1. The Labute approximate surface area is 137 Å². The van der Waals surface area contributed by atoms with E-state index in [9.17, 15) is 4.79 Å². The maximum absolute atomic E-state index is 12.3. The Kier molecular flexibility index (Phi) is 4.75. The summed E-state index contributed by atoms with van der Waals surface area (Å²) in [5.41, 5.74) is 9.89. The number of carbonyl (C=O) groups is 1. The molecule has 0 bridgehead atoms. The highest BCUT2D eigenvalue weighted by molar-refractivity contribution is 9.10. The molecule has 21 heavy (non-hydrogen) atoms. The molecule has 0 saturated heterocycles. The summed E-state index contributed by atoms with van der Waals surface area (Å²) in [6.45, 7) is 4.00. The maximum Gasteiger partial charge on any atom is 0.255 e. The number of hydrogen-bond acceptors (Lipinski definition) is 2. The van der Waals surface area contributed by atoms with Crippen molar-refractivity contribution in [2.24, 2.45) is 5.73 Å². The van der Waals surface area contributed by atoms with E-state index in [1.54, 1.807) is 18.2 Å². The minimum Gasteiger partial charge on any atom is -0.389 e. The lowest BCUT2D eigenvalue weighted by molar-refractivity contribution is 0.102. The molecule has 0 aliphatic rings. The van der Waals surface area contributed by atoms with Gasteiger partial charge in [0.2, 0.25) is 0 Å². The van der Waals surface area contributed by atoms with Crippen LogP contribution < -0.4 is 11.1 Å². The van der Waals surface area contributed by atoms with E-state index in [-0.39, 0.29) is 5.91 Å². The predicted octanol–water partition coefficient (Wildman–Crippen LogP) is 3.95. The Morgan fingerprint density at radius 2 is 1.76 bits per heavy atom. The number of thiocarbonyl (C=S) groups is 1. The molecule has 0 unspecified atom stereocenters. The number of carbonyl (C=O) groups excluding carboxylic acids is 1. The molecule has 3 N–H and O–H groups in total. The van der Waals surface area contributed by atoms with Crippen LogP contribution in [0, 0.1) is 13.8 Å². The van der Waals surface area contributed by atoms with Gasteiger partial charge in [-0.1, -0.05) is 18.3 Å². The second-order valence-electron chi connectivity index (χ2n) is 4.81. The first-order valence-corrected chi connectivity index (χ1v) is 7.56. The number of halogens is 1. The van der Waals surface area contributed by atoms with E-state index < -0.39 is 0 Å². The van der Waals surface area contributed by atoms with Crippen molar-refractivity contribution in [3.8, 4) is 0 Å². The van der Waals surface area contributed by atoms with Gasteiger partial charge in [0.05, 0.1) is 5.69 Å². The number of aryl methyl sites for hydroxylation is 2. The van der Waals surface area contributed by atoms with Gasteiger partial charge in [-0.15, -0.1) is 0 Å². The molecular formula is C16H15BrN2OS. The molecule has 5 heteroatoms. The van der Waals surface area contributed by atoms with E-state index in [2.05, 4.69) is 21.2 Å². The fourth-order valence-corrected chi connectivity index (χ4v) is 2.45. The Morgan fingerprint density at radius 3 is 2.33 bits per heavy atom. The third kappa shape index (κ3) is 3.68. The minimum atomic E-state index is -0.151. The normalized spacial score (nSPS) is 10.2. The zero-order valence-corrected chi connectivity index (χ0v) is 14.1. The third-order valence-electron chi connectivity index (χ3n) is 3.27. The lowest BCUT2D eigenvalue weighted by atomic mass is 10.1. The molecular weight excluding hydrogens is 348 g/mol. The van der Waals surface area contributed by atoms with Crippen molar-refractivity contribution in [3.05, 3.63) is 63.1 Å². The van der Waals surface area contributed by atoms with Crippen LogP contribution in [0.15, 0.2) is 40.9 Å². The topological polar surface area (TPSA) is 55.1 Å². The molecule has 0 fully saturated rings. The second-order valence-corrected chi connectivity index (χ2v) is 6.11.